The van der Waals surface area contributed by atoms with E-state index >= 15 is 0 Å². The highest BCUT2D eigenvalue weighted by Gasteiger charge is 2.11. The average Bonchev–Trinajstić information content (AvgIpc) is 2.70. The molecule has 0 saturated carbocycles. The maximum absolute atomic E-state index is 5.69. The van der Waals surface area contributed by atoms with Gasteiger partial charge in [-0.15, -0.1) is 24.0 Å². The number of halogens is 1. The highest BCUT2D eigenvalue weighted by molar-refractivity contribution is 14.0. The van der Waals surface area contributed by atoms with Crippen molar-refractivity contribution in [3.63, 3.8) is 0 Å². The average molecular weight is 481 g/mol. The van der Waals surface area contributed by atoms with Crippen molar-refractivity contribution < 1.29 is 9.47 Å². The molecule has 0 aliphatic carbocycles. The summed E-state index contributed by atoms with van der Waals surface area (Å²) in [6, 6.07) is 18.0. The highest BCUT2D eigenvalue weighted by Crippen LogP contribution is 2.18. The summed E-state index contributed by atoms with van der Waals surface area (Å²) in [5.74, 6) is 1.55. The molecule has 5 nitrogen and oxygen atoms in total. The fourth-order valence-electron chi connectivity index (χ4n) is 2.53. The zero-order valence-corrected chi connectivity index (χ0v) is 18.2. The van der Waals surface area contributed by atoms with Gasteiger partial charge in [0, 0.05) is 32.8 Å². The van der Waals surface area contributed by atoms with Gasteiger partial charge in [0.05, 0.1) is 6.10 Å². The topological polar surface area (TPSA) is 54.9 Å². The second-order valence-electron chi connectivity index (χ2n) is 5.65. The summed E-state index contributed by atoms with van der Waals surface area (Å²) in [6.07, 6.45) is 1.69. The molecular weight excluding hydrogens is 453 g/mol. The second-order valence-corrected chi connectivity index (χ2v) is 5.65. The number of guanidine groups is 1. The lowest BCUT2D eigenvalue weighted by molar-refractivity contribution is 0.106. The quantitative estimate of drug-likeness (QED) is 0.247. The third kappa shape index (κ3) is 7.60. The standard InChI is InChI=1S/C21H27N3O2.HI/c1-4-14-26-19-13-9-8-12-18(19)15-23-21(22-2)24-16-20(25-3)17-10-6-5-7-11-17;/h4-13,20H,1,14-16H2,2-3H3,(H2,22,23,24);1H. The van der Waals surface area contributed by atoms with Gasteiger partial charge >= 0.3 is 0 Å². The minimum absolute atomic E-state index is 0. The molecule has 0 radical (unpaired) electrons. The Balaban J connectivity index is 0.00000364. The number of hydrogen-bond donors (Lipinski definition) is 2. The molecule has 2 aromatic rings. The SMILES string of the molecule is C=CCOc1ccccc1CNC(=NC)NCC(OC)c1ccccc1.I. The fourth-order valence-corrected chi connectivity index (χ4v) is 2.53. The van der Waals surface area contributed by atoms with Crippen LogP contribution in [0.3, 0.4) is 0 Å². The second kappa shape index (κ2) is 13.2. The number of rotatable bonds is 9. The smallest absolute Gasteiger partial charge is 0.191 e. The number of hydrogen-bond acceptors (Lipinski definition) is 3. The third-order valence-corrected chi connectivity index (χ3v) is 3.91. The van der Waals surface area contributed by atoms with E-state index in [0.717, 1.165) is 16.9 Å². The van der Waals surface area contributed by atoms with Gasteiger partial charge in [-0.2, -0.15) is 0 Å². The van der Waals surface area contributed by atoms with Gasteiger partial charge in [-0.3, -0.25) is 4.99 Å². The molecule has 0 aliphatic rings. The molecule has 146 valence electrons. The Morgan fingerprint density at radius 1 is 1.11 bits per heavy atom. The molecule has 2 rings (SSSR count). The van der Waals surface area contributed by atoms with Crippen LogP contribution in [0, 0.1) is 0 Å². The molecule has 1 atom stereocenters. The van der Waals surface area contributed by atoms with Gasteiger partial charge in [-0.25, -0.2) is 0 Å². The number of nitrogens with zero attached hydrogens (tertiary/aromatic N) is 1. The number of nitrogens with one attached hydrogen (secondary N) is 2. The van der Waals surface area contributed by atoms with Crippen molar-refractivity contribution in [2.75, 3.05) is 27.3 Å². The predicted molar refractivity (Wildman–Crippen MR) is 122 cm³/mol. The fraction of sp³-hybridized carbons (Fsp3) is 0.286. The van der Waals surface area contributed by atoms with E-state index in [1.807, 2.05) is 42.5 Å². The molecule has 0 aromatic heterocycles. The highest BCUT2D eigenvalue weighted by atomic mass is 127. The van der Waals surface area contributed by atoms with Crippen molar-refractivity contribution in [2.24, 2.45) is 4.99 Å². The van der Waals surface area contributed by atoms with E-state index < -0.39 is 0 Å². The van der Waals surface area contributed by atoms with Crippen LogP contribution >= 0.6 is 24.0 Å². The van der Waals surface area contributed by atoms with Gasteiger partial charge in [0.1, 0.15) is 12.4 Å². The Bertz CT molecular complexity index is 708. The molecular formula is C21H28IN3O2. The van der Waals surface area contributed by atoms with Crippen LogP contribution in [0.25, 0.3) is 0 Å². The molecule has 0 bridgehead atoms. The Morgan fingerprint density at radius 3 is 2.48 bits per heavy atom. The van der Waals surface area contributed by atoms with E-state index in [-0.39, 0.29) is 30.1 Å². The van der Waals surface area contributed by atoms with Crippen molar-refractivity contribution in [1.29, 1.82) is 0 Å². The first-order valence-electron chi connectivity index (χ1n) is 8.62. The molecule has 2 aromatic carbocycles. The van der Waals surface area contributed by atoms with E-state index in [2.05, 4.69) is 34.3 Å². The molecule has 0 heterocycles. The molecule has 6 heteroatoms. The van der Waals surface area contributed by atoms with Crippen LogP contribution < -0.4 is 15.4 Å². The first-order chi connectivity index (χ1) is 12.8. The largest absolute Gasteiger partial charge is 0.489 e. The Hall–Kier alpha value is -2.06. The Morgan fingerprint density at radius 2 is 1.81 bits per heavy atom. The van der Waals surface area contributed by atoms with Crippen LogP contribution in [-0.2, 0) is 11.3 Å². The Kier molecular flexibility index (Phi) is 11.2. The lowest BCUT2D eigenvalue weighted by Crippen LogP contribution is -2.39. The number of benzene rings is 2. The maximum atomic E-state index is 5.69. The van der Waals surface area contributed by atoms with Crippen molar-refractivity contribution in [1.82, 2.24) is 10.6 Å². The van der Waals surface area contributed by atoms with Gasteiger partial charge in [0.15, 0.2) is 5.96 Å². The number of ether oxygens (including phenoxy) is 2. The predicted octanol–water partition coefficient (Wildman–Crippen LogP) is 3.92. The van der Waals surface area contributed by atoms with Crippen LogP contribution in [-0.4, -0.2) is 33.3 Å². The van der Waals surface area contributed by atoms with Crippen LogP contribution in [0.15, 0.2) is 72.2 Å². The Labute approximate surface area is 178 Å². The zero-order chi connectivity index (χ0) is 18.6. The van der Waals surface area contributed by atoms with Crippen LogP contribution in [0.5, 0.6) is 5.75 Å². The van der Waals surface area contributed by atoms with Crippen LogP contribution in [0.2, 0.25) is 0 Å². The molecule has 2 N–H and O–H groups in total. The van der Waals surface area contributed by atoms with Crippen molar-refractivity contribution in [3.8, 4) is 5.75 Å². The number of methoxy groups -OCH3 is 1. The monoisotopic (exact) mass is 481 g/mol. The van der Waals surface area contributed by atoms with Gasteiger partial charge in [0.2, 0.25) is 0 Å². The molecule has 0 spiro atoms. The number of para-hydroxylation sites is 1. The molecule has 0 amide bonds. The van der Waals surface area contributed by atoms with E-state index in [1.165, 1.54) is 0 Å². The van der Waals surface area contributed by atoms with Crippen molar-refractivity contribution in [2.45, 2.75) is 12.6 Å². The van der Waals surface area contributed by atoms with Crippen LogP contribution in [0.4, 0.5) is 0 Å². The maximum Gasteiger partial charge on any atom is 0.191 e. The summed E-state index contributed by atoms with van der Waals surface area (Å²) in [5, 5.41) is 6.62. The van der Waals surface area contributed by atoms with Gasteiger partial charge in [-0.1, -0.05) is 61.2 Å². The summed E-state index contributed by atoms with van der Waals surface area (Å²) >= 11 is 0. The first kappa shape index (κ1) is 23.0. The zero-order valence-electron chi connectivity index (χ0n) is 15.9. The number of aliphatic imine (C=N–C) groups is 1. The van der Waals surface area contributed by atoms with Gasteiger partial charge < -0.3 is 20.1 Å². The normalized spacial score (nSPS) is 11.9. The molecule has 27 heavy (non-hydrogen) atoms. The summed E-state index contributed by atoms with van der Waals surface area (Å²) in [7, 11) is 3.46. The summed E-state index contributed by atoms with van der Waals surface area (Å²) in [5.41, 5.74) is 2.18. The summed E-state index contributed by atoms with van der Waals surface area (Å²) in [4.78, 5) is 4.28. The van der Waals surface area contributed by atoms with E-state index in [0.29, 0.717) is 25.7 Å². The van der Waals surface area contributed by atoms with E-state index in [9.17, 15) is 0 Å². The molecule has 0 fully saturated rings. The summed E-state index contributed by atoms with van der Waals surface area (Å²) < 4.78 is 11.3. The molecule has 0 saturated heterocycles. The van der Waals surface area contributed by atoms with Gasteiger partial charge in [0.25, 0.3) is 0 Å². The van der Waals surface area contributed by atoms with E-state index in [1.54, 1.807) is 20.2 Å². The van der Waals surface area contributed by atoms with E-state index in [4.69, 9.17) is 9.47 Å². The third-order valence-electron chi connectivity index (χ3n) is 3.91. The van der Waals surface area contributed by atoms with Crippen molar-refractivity contribution >= 4 is 29.9 Å². The minimum atomic E-state index is -0.0436. The molecule has 1 unspecified atom stereocenters. The first-order valence-corrected chi connectivity index (χ1v) is 8.62. The lowest BCUT2D eigenvalue weighted by Gasteiger charge is -2.19. The lowest BCUT2D eigenvalue weighted by atomic mass is 10.1. The summed E-state index contributed by atoms with van der Waals surface area (Å²) in [6.45, 7) is 5.39. The molecule has 0 aliphatic heterocycles. The van der Waals surface area contributed by atoms with Crippen molar-refractivity contribution in [3.05, 3.63) is 78.4 Å². The minimum Gasteiger partial charge on any atom is -0.489 e. The van der Waals surface area contributed by atoms with Crippen LogP contribution in [0.1, 0.15) is 17.2 Å². The van der Waals surface area contributed by atoms with Gasteiger partial charge in [-0.05, 0) is 11.6 Å².